The Morgan fingerprint density at radius 1 is 0.931 bits per heavy atom. The van der Waals surface area contributed by atoms with E-state index in [0.29, 0.717) is 21.9 Å². The summed E-state index contributed by atoms with van der Waals surface area (Å²) >= 11 is 2.15. The summed E-state index contributed by atoms with van der Waals surface area (Å²) in [5.41, 5.74) is 2.39. The molecule has 0 atom stereocenters. The first-order chi connectivity index (χ1) is 14.0. The molecule has 0 bridgehead atoms. The Hall–Kier alpha value is -1.12. The molecule has 0 radical (unpaired) electrons. The topological polar surface area (TPSA) is 40.6 Å². The number of hydrogen-bond donors (Lipinski definition) is 0. The molecule has 158 valence electrons. The highest BCUT2D eigenvalue weighted by Gasteiger charge is 2.31. The average Bonchev–Trinajstić information content (AvgIpc) is 3.19. The van der Waals surface area contributed by atoms with Crippen LogP contribution in [0.25, 0.3) is 0 Å². The zero-order valence-corrected chi connectivity index (χ0v) is 20.5. The normalized spacial score (nSPS) is 17.8. The molecule has 6 heteroatoms. The summed E-state index contributed by atoms with van der Waals surface area (Å²) in [6.45, 7) is 7.82. The van der Waals surface area contributed by atoms with Gasteiger partial charge in [-0.05, 0) is 73.9 Å². The fourth-order valence-electron chi connectivity index (χ4n) is 4.40. The summed E-state index contributed by atoms with van der Waals surface area (Å²) in [6, 6.07) is 15.6. The second-order valence-electron chi connectivity index (χ2n) is 7.91. The van der Waals surface area contributed by atoms with Crippen molar-refractivity contribution < 1.29 is 8.42 Å². The zero-order chi connectivity index (χ0) is 21.0. The van der Waals surface area contributed by atoms with Crippen molar-refractivity contribution in [2.45, 2.75) is 55.0 Å². The maximum Gasteiger partial charge on any atom is 0.206 e. The number of rotatable bonds is 4. The summed E-state index contributed by atoms with van der Waals surface area (Å²) in [5, 5.41) is 0. The SMILES string of the molecule is CC(C)N1CCC(N2CCc3cc(S(=O)(=O)c4ccccc4)ccc32)CC1.CI. The highest BCUT2D eigenvalue weighted by molar-refractivity contribution is 14.1. The van der Waals surface area contributed by atoms with E-state index in [1.165, 1.54) is 24.1 Å². The van der Waals surface area contributed by atoms with Gasteiger partial charge in [0.1, 0.15) is 0 Å². The van der Waals surface area contributed by atoms with E-state index in [1.54, 1.807) is 30.3 Å². The molecule has 2 aliphatic heterocycles. The second-order valence-corrected chi connectivity index (χ2v) is 9.86. The van der Waals surface area contributed by atoms with Gasteiger partial charge in [0.2, 0.25) is 9.84 Å². The molecule has 0 saturated carbocycles. The molecule has 2 heterocycles. The van der Waals surface area contributed by atoms with Crippen molar-refractivity contribution in [1.82, 2.24) is 4.90 Å². The van der Waals surface area contributed by atoms with Gasteiger partial charge in [-0.25, -0.2) is 8.42 Å². The van der Waals surface area contributed by atoms with Gasteiger partial charge >= 0.3 is 0 Å². The third kappa shape index (κ3) is 4.80. The number of piperidine rings is 1. The molecule has 4 rings (SSSR count). The maximum atomic E-state index is 12.9. The van der Waals surface area contributed by atoms with E-state index in [-0.39, 0.29) is 0 Å². The Morgan fingerprint density at radius 3 is 2.21 bits per heavy atom. The first-order valence-corrected chi connectivity index (χ1v) is 13.9. The number of anilines is 1. The fraction of sp³-hybridized carbons (Fsp3) is 0.478. The Morgan fingerprint density at radius 2 is 1.59 bits per heavy atom. The van der Waals surface area contributed by atoms with Gasteiger partial charge in [0.25, 0.3) is 0 Å². The van der Waals surface area contributed by atoms with Crippen molar-refractivity contribution in [3.8, 4) is 0 Å². The summed E-state index contributed by atoms with van der Waals surface area (Å²) < 4.78 is 25.8. The van der Waals surface area contributed by atoms with Crippen molar-refractivity contribution in [3.05, 3.63) is 54.1 Å². The van der Waals surface area contributed by atoms with E-state index < -0.39 is 9.84 Å². The van der Waals surface area contributed by atoms with E-state index >= 15 is 0 Å². The number of halogens is 1. The van der Waals surface area contributed by atoms with Gasteiger partial charge in [-0.2, -0.15) is 0 Å². The minimum Gasteiger partial charge on any atom is -0.368 e. The molecule has 0 aromatic heterocycles. The van der Waals surface area contributed by atoms with Gasteiger partial charge < -0.3 is 9.80 Å². The number of alkyl halides is 1. The van der Waals surface area contributed by atoms with E-state index in [4.69, 9.17) is 0 Å². The lowest BCUT2D eigenvalue weighted by molar-refractivity contribution is 0.170. The first kappa shape index (κ1) is 22.6. The van der Waals surface area contributed by atoms with Gasteiger partial charge in [-0.1, -0.05) is 40.8 Å². The predicted molar refractivity (Wildman–Crippen MR) is 129 cm³/mol. The van der Waals surface area contributed by atoms with Gasteiger partial charge in [0, 0.05) is 37.4 Å². The Bertz CT molecular complexity index is 908. The Labute approximate surface area is 189 Å². The number of nitrogens with zero attached hydrogens (tertiary/aromatic N) is 2. The molecule has 4 nitrogen and oxygen atoms in total. The second kappa shape index (κ2) is 9.79. The molecule has 0 unspecified atom stereocenters. The van der Waals surface area contributed by atoms with Crippen molar-refractivity contribution in [1.29, 1.82) is 0 Å². The van der Waals surface area contributed by atoms with Crippen LogP contribution in [0.3, 0.4) is 0 Å². The molecule has 0 amide bonds. The number of hydrogen-bond acceptors (Lipinski definition) is 4. The minimum atomic E-state index is -3.44. The van der Waals surface area contributed by atoms with E-state index in [2.05, 4.69) is 46.2 Å². The lowest BCUT2D eigenvalue weighted by Gasteiger charge is -2.39. The van der Waals surface area contributed by atoms with Gasteiger partial charge in [-0.3, -0.25) is 0 Å². The van der Waals surface area contributed by atoms with Crippen molar-refractivity contribution in [2.24, 2.45) is 0 Å². The molecule has 1 fully saturated rings. The predicted octanol–water partition coefficient (Wildman–Crippen LogP) is 4.81. The molecule has 0 spiro atoms. The largest absolute Gasteiger partial charge is 0.368 e. The van der Waals surface area contributed by atoms with Crippen LogP contribution in [0.5, 0.6) is 0 Å². The molecular formula is C23H31IN2O2S. The maximum absolute atomic E-state index is 12.9. The van der Waals surface area contributed by atoms with Gasteiger partial charge in [-0.15, -0.1) is 0 Å². The fourth-order valence-corrected chi connectivity index (χ4v) is 5.73. The summed E-state index contributed by atoms with van der Waals surface area (Å²) in [6.07, 6.45) is 3.29. The standard InChI is InChI=1S/C22H28N2O2S.CH3I/c1-17(2)23-13-11-19(12-14-23)24-15-10-18-16-21(8-9-22(18)24)27(25,26)20-6-4-3-5-7-20;1-2/h3-9,16-17,19H,10-15H2,1-2H3;1H3. The third-order valence-electron chi connectivity index (χ3n) is 6.02. The van der Waals surface area contributed by atoms with Crippen molar-refractivity contribution in [2.75, 3.05) is 29.5 Å². The molecule has 1 saturated heterocycles. The highest BCUT2D eigenvalue weighted by atomic mass is 127. The number of fused-ring (bicyclic) bond motifs is 1. The van der Waals surface area contributed by atoms with Crippen LogP contribution in [0, 0.1) is 0 Å². The Kier molecular flexibility index (Phi) is 7.62. The summed E-state index contributed by atoms with van der Waals surface area (Å²) in [5.74, 6) is 0. The number of sulfone groups is 1. The molecule has 0 aliphatic carbocycles. The number of benzene rings is 2. The molecule has 2 aromatic carbocycles. The van der Waals surface area contributed by atoms with Crippen LogP contribution in [-0.2, 0) is 16.3 Å². The van der Waals surface area contributed by atoms with Gasteiger partial charge in [0.05, 0.1) is 9.79 Å². The van der Waals surface area contributed by atoms with E-state index in [9.17, 15) is 8.42 Å². The van der Waals surface area contributed by atoms with Crippen LogP contribution in [-0.4, -0.2) is 50.0 Å². The van der Waals surface area contributed by atoms with Crippen LogP contribution >= 0.6 is 22.6 Å². The highest BCUT2D eigenvalue weighted by Crippen LogP contribution is 2.35. The molecule has 0 N–H and O–H groups in total. The lowest BCUT2D eigenvalue weighted by atomic mass is 10.0. The van der Waals surface area contributed by atoms with Crippen LogP contribution in [0.1, 0.15) is 32.3 Å². The molecule has 2 aliphatic rings. The molecule has 2 aromatic rings. The van der Waals surface area contributed by atoms with Crippen LogP contribution < -0.4 is 4.90 Å². The monoisotopic (exact) mass is 526 g/mol. The summed E-state index contributed by atoms with van der Waals surface area (Å²) in [7, 11) is -3.44. The summed E-state index contributed by atoms with van der Waals surface area (Å²) in [4.78, 5) is 7.79. The van der Waals surface area contributed by atoms with Crippen LogP contribution in [0.4, 0.5) is 5.69 Å². The third-order valence-corrected chi connectivity index (χ3v) is 7.78. The van der Waals surface area contributed by atoms with Crippen molar-refractivity contribution >= 4 is 38.1 Å². The smallest absolute Gasteiger partial charge is 0.206 e. The Balaban J connectivity index is 0.00000117. The lowest BCUT2D eigenvalue weighted by Crippen LogP contribution is -2.46. The van der Waals surface area contributed by atoms with Crippen LogP contribution in [0.2, 0.25) is 0 Å². The minimum absolute atomic E-state index is 0.362. The van der Waals surface area contributed by atoms with Crippen molar-refractivity contribution in [3.63, 3.8) is 0 Å². The first-order valence-electron chi connectivity index (χ1n) is 10.3. The van der Waals surface area contributed by atoms with Crippen LogP contribution in [0.15, 0.2) is 58.3 Å². The van der Waals surface area contributed by atoms with E-state index in [1.807, 2.05) is 23.1 Å². The molecular weight excluding hydrogens is 495 g/mol. The quantitative estimate of drug-likeness (QED) is 0.424. The molecule has 29 heavy (non-hydrogen) atoms. The zero-order valence-electron chi connectivity index (χ0n) is 17.5. The average molecular weight is 526 g/mol. The van der Waals surface area contributed by atoms with Gasteiger partial charge in [0.15, 0.2) is 0 Å². The van der Waals surface area contributed by atoms with E-state index in [0.717, 1.165) is 26.1 Å². The number of likely N-dealkylation sites (tertiary alicyclic amines) is 1.